The minimum Gasteiger partial charge on any atom is -0.464 e. The van der Waals surface area contributed by atoms with E-state index in [1.54, 1.807) is 6.92 Å². The summed E-state index contributed by atoms with van der Waals surface area (Å²) in [6.45, 7) is 8.35. The lowest BCUT2D eigenvalue weighted by Crippen LogP contribution is -2.47. The van der Waals surface area contributed by atoms with Gasteiger partial charge in [-0.25, -0.2) is 4.79 Å². The Bertz CT molecular complexity index is 521. The number of aliphatic hydroxyl groups is 1. The van der Waals surface area contributed by atoms with Crippen molar-refractivity contribution >= 4 is 5.97 Å². The van der Waals surface area contributed by atoms with Gasteiger partial charge in [-0.2, -0.15) is 0 Å². The topological polar surface area (TPSA) is 46.5 Å². The second-order valence-electron chi connectivity index (χ2n) is 6.56. The van der Waals surface area contributed by atoms with E-state index >= 15 is 0 Å². The fourth-order valence-corrected chi connectivity index (χ4v) is 3.50. The van der Waals surface area contributed by atoms with Crippen LogP contribution >= 0.6 is 0 Å². The summed E-state index contributed by atoms with van der Waals surface area (Å²) in [5, 5.41) is 11.0. The van der Waals surface area contributed by atoms with Crippen LogP contribution in [-0.4, -0.2) is 23.3 Å². The molecule has 1 aliphatic carbocycles. The maximum atomic E-state index is 12.3. The summed E-state index contributed by atoms with van der Waals surface area (Å²) in [5.41, 5.74) is 0.975. The summed E-state index contributed by atoms with van der Waals surface area (Å²) in [6.07, 6.45) is 2.12. The van der Waals surface area contributed by atoms with Crippen molar-refractivity contribution in [1.29, 1.82) is 0 Å². The minimum atomic E-state index is -1.43. The molecule has 3 heteroatoms. The average molecular weight is 290 g/mol. The number of rotatable bonds is 4. The predicted octanol–water partition coefficient (Wildman–Crippen LogP) is 3.55. The molecule has 116 valence electrons. The predicted molar refractivity (Wildman–Crippen MR) is 83.3 cm³/mol. The molecule has 2 rings (SSSR count). The molecule has 1 aliphatic rings. The number of hydrogen-bond acceptors (Lipinski definition) is 3. The largest absolute Gasteiger partial charge is 0.464 e. The zero-order chi connectivity index (χ0) is 15.7. The summed E-state index contributed by atoms with van der Waals surface area (Å²) in [6, 6.07) is 8.16. The quantitative estimate of drug-likeness (QED) is 0.863. The van der Waals surface area contributed by atoms with E-state index in [9.17, 15) is 9.90 Å². The monoisotopic (exact) mass is 290 g/mol. The Hall–Kier alpha value is -1.35. The number of carbonyl (C=O) groups is 1. The van der Waals surface area contributed by atoms with Gasteiger partial charge in [0.2, 0.25) is 0 Å². The molecule has 0 radical (unpaired) electrons. The van der Waals surface area contributed by atoms with Crippen molar-refractivity contribution in [2.75, 3.05) is 6.61 Å². The van der Waals surface area contributed by atoms with Gasteiger partial charge < -0.3 is 9.84 Å². The minimum absolute atomic E-state index is 0.0798. The zero-order valence-electron chi connectivity index (χ0n) is 13.5. The fourth-order valence-electron chi connectivity index (χ4n) is 3.50. The second-order valence-corrected chi connectivity index (χ2v) is 6.56. The lowest BCUT2D eigenvalue weighted by Gasteiger charge is -2.42. The maximum Gasteiger partial charge on any atom is 0.338 e. The van der Waals surface area contributed by atoms with Crippen LogP contribution < -0.4 is 0 Å². The van der Waals surface area contributed by atoms with Gasteiger partial charge in [0.05, 0.1) is 6.61 Å². The molecule has 0 amide bonds. The standard InChI is InChI=1S/C18H26O3/c1-5-18(20,16(19)21-6-2)15-11-12-17(3,4)14-10-8-7-9-13(14)15/h7-10,15,20H,5-6,11-12H2,1-4H3. The molecule has 0 spiro atoms. The molecule has 0 saturated carbocycles. The van der Waals surface area contributed by atoms with Gasteiger partial charge >= 0.3 is 5.97 Å². The smallest absolute Gasteiger partial charge is 0.338 e. The van der Waals surface area contributed by atoms with Crippen LogP contribution in [0.3, 0.4) is 0 Å². The molecule has 0 aromatic heterocycles. The van der Waals surface area contributed by atoms with Gasteiger partial charge in [0.25, 0.3) is 0 Å². The molecule has 0 aliphatic heterocycles. The van der Waals surface area contributed by atoms with Crippen LogP contribution in [-0.2, 0) is 14.9 Å². The van der Waals surface area contributed by atoms with Gasteiger partial charge in [-0.1, -0.05) is 45.0 Å². The van der Waals surface area contributed by atoms with E-state index in [1.165, 1.54) is 5.56 Å². The molecule has 0 heterocycles. The second kappa shape index (κ2) is 5.80. The number of esters is 1. The first-order chi connectivity index (χ1) is 9.86. The molecule has 0 bridgehead atoms. The Morgan fingerprint density at radius 1 is 1.38 bits per heavy atom. The van der Waals surface area contributed by atoms with Gasteiger partial charge in [0, 0.05) is 5.92 Å². The average Bonchev–Trinajstić information content (AvgIpc) is 2.47. The van der Waals surface area contributed by atoms with Gasteiger partial charge in [-0.15, -0.1) is 0 Å². The van der Waals surface area contributed by atoms with E-state index in [-0.39, 0.29) is 11.3 Å². The van der Waals surface area contributed by atoms with Crippen LogP contribution in [0.4, 0.5) is 0 Å². The first-order valence-corrected chi connectivity index (χ1v) is 7.85. The van der Waals surface area contributed by atoms with Gasteiger partial charge in [-0.05, 0) is 42.7 Å². The Balaban J connectivity index is 2.47. The van der Waals surface area contributed by atoms with E-state index in [0.717, 1.165) is 18.4 Å². The number of carbonyl (C=O) groups excluding carboxylic acids is 1. The summed E-state index contributed by atoms with van der Waals surface area (Å²) in [7, 11) is 0. The highest BCUT2D eigenvalue weighted by atomic mass is 16.5. The molecule has 0 saturated heterocycles. The lowest BCUT2D eigenvalue weighted by molar-refractivity contribution is -0.169. The van der Waals surface area contributed by atoms with Gasteiger partial charge in [-0.3, -0.25) is 0 Å². The SMILES string of the molecule is CCOC(=O)C(O)(CC)C1CCC(C)(C)c2ccccc21. The number of fused-ring (bicyclic) bond motifs is 1. The van der Waals surface area contributed by atoms with Crippen molar-refractivity contribution in [2.24, 2.45) is 0 Å². The summed E-state index contributed by atoms with van der Waals surface area (Å²) >= 11 is 0. The van der Waals surface area contributed by atoms with Crippen LogP contribution in [0.5, 0.6) is 0 Å². The van der Waals surface area contributed by atoms with Crippen molar-refractivity contribution in [3.8, 4) is 0 Å². The number of hydrogen-bond donors (Lipinski definition) is 1. The number of ether oxygens (including phenoxy) is 1. The van der Waals surface area contributed by atoms with E-state index in [2.05, 4.69) is 19.9 Å². The Morgan fingerprint density at radius 2 is 2.05 bits per heavy atom. The van der Waals surface area contributed by atoms with E-state index in [0.29, 0.717) is 13.0 Å². The van der Waals surface area contributed by atoms with Crippen LogP contribution in [0.25, 0.3) is 0 Å². The molecule has 3 nitrogen and oxygen atoms in total. The number of benzene rings is 1. The highest BCUT2D eigenvalue weighted by Crippen LogP contribution is 2.47. The summed E-state index contributed by atoms with van der Waals surface area (Å²) < 4.78 is 5.13. The van der Waals surface area contributed by atoms with Crippen molar-refractivity contribution in [3.63, 3.8) is 0 Å². The van der Waals surface area contributed by atoms with E-state index in [1.807, 2.05) is 25.1 Å². The van der Waals surface area contributed by atoms with E-state index in [4.69, 9.17) is 4.74 Å². The summed E-state index contributed by atoms with van der Waals surface area (Å²) in [4.78, 5) is 12.3. The third-order valence-corrected chi connectivity index (χ3v) is 4.87. The Kier molecular flexibility index (Phi) is 4.43. The van der Waals surface area contributed by atoms with Gasteiger partial charge in [0.15, 0.2) is 5.60 Å². The third-order valence-electron chi connectivity index (χ3n) is 4.87. The Labute approximate surface area is 127 Å². The van der Waals surface area contributed by atoms with Crippen LogP contribution in [0.1, 0.15) is 64.0 Å². The first-order valence-electron chi connectivity index (χ1n) is 7.85. The van der Waals surface area contributed by atoms with Gasteiger partial charge in [0.1, 0.15) is 0 Å². The lowest BCUT2D eigenvalue weighted by atomic mass is 9.64. The van der Waals surface area contributed by atoms with Crippen LogP contribution in [0.15, 0.2) is 24.3 Å². The first kappa shape index (κ1) is 16.0. The third kappa shape index (κ3) is 2.71. The van der Waals surface area contributed by atoms with Crippen molar-refractivity contribution in [3.05, 3.63) is 35.4 Å². The summed E-state index contributed by atoms with van der Waals surface area (Å²) in [5.74, 6) is -0.683. The molecule has 1 aromatic rings. The molecule has 21 heavy (non-hydrogen) atoms. The van der Waals surface area contributed by atoms with E-state index < -0.39 is 11.6 Å². The zero-order valence-corrected chi connectivity index (χ0v) is 13.5. The molecule has 0 fully saturated rings. The maximum absolute atomic E-state index is 12.3. The Morgan fingerprint density at radius 3 is 2.67 bits per heavy atom. The molecule has 1 N–H and O–H groups in total. The molecule has 2 unspecified atom stereocenters. The highest BCUT2D eigenvalue weighted by Gasteiger charge is 2.48. The molecular weight excluding hydrogens is 264 g/mol. The van der Waals surface area contributed by atoms with Crippen LogP contribution in [0, 0.1) is 0 Å². The molecule has 1 aromatic carbocycles. The highest BCUT2D eigenvalue weighted by molar-refractivity contribution is 5.81. The van der Waals surface area contributed by atoms with Crippen LogP contribution in [0.2, 0.25) is 0 Å². The van der Waals surface area contributed by atoms with Crippen molar-refractivity contribution in [2.45, 2.75) is 63.9 Å². The molecule has 2 atom stereocenters. The fraction of sp³-hybridized carbons (Fsp3) is 0.611. The molecular formula is C18H26O3. The normalized spacial score (nSPS) is 23.0. The van der Waals surface area contributed by atoms with Crippen molar-refractivity contribution in [1.82, 2.24) is 0 Å². The van der Waals surface area contributed by atoms with Crippen molar-refractivity contribution < 1.29 is 14.6 Å².